The van der Waals surface area contributed by atoms with Gasteiger partial charge in [-0.1, -0.05) is 32.1 Å². The van der Waals surface area contributed by atoms with Crippen molar-refractivity contribution < 1.29 is 4.43 Å². The molecule has 0 amide bonds. The zero-order valence-corrected chi connectivity index (χ0v) is 16.0. The molecule has 7 heteroatoms. The van der Waals surface area contributed by atoms with Gasteiger partial charge in [0.05, 0.1) is 12.8 Å². The van der Waals surface area contributed by atoms with Gasteiger partial charge < -0.3 is 9.74 Å². The Morgan fingerprint density at radius 1 is 1.35 bits per heavy atom. The lowest BCUT2D eigenvalue weighted by atomic mass is 10.2. The van der Waals surface area contributed by atoms with Gasteiger partial charge in [0.25, 0.3) is 0 Å². The molecule has 0 bridgehead atoms. The van der Waals surface area contributed by atoms with Crippen molar-refractivity contribution in [1.29, 1.82) is 5.26 Å². The van der Waals surface area contributed by atoms with Gasteiger partial charge in [0.15, 0.2) is 13.4 Å². The van der Waals surface area contributed by atoms with Gasteiger partial charge in [0.1, 0.15) is 16.8 Å². The summed E-state index contributed by atoms with van der Waals surface area (Å²) in [7, 11) is -1.77. The van der Waals surface area contributed by atoms with Crippen molar-refractivity contribution in [3.05, 3.63) is 35.0 Å². The molecular weight excluding hydrogens is 324 g/mol. The fraction of sp³-hybridized carbons (Fsp3) is 0.438. The van der Waals surface area contributed by atoms with E-state index in [0.717, 1.165) is 5.56 Å². The number of nitrogens with one attached hydrogen (secondary N) is 1. The maximum Gasteiger partial charge on any atom is 0.192 e. The fourth-order valence-corrected chi connectivity index (χ4v) is 3.19. The van der Waals surface area contributed by atoms with E-state index in [4.69, 9.17) is 9.69 Å². The van der Waals surface area contributed by atoms with Crippen LogP contribution in [0.15, 0.2) is 24.5 Å². The number of hydrogen-bond donors (Lipinski definition) is 1. The fourth-order valence-electron chi connectivity index (χ4n) is 1.61. The van der Waals surface area contributed by atoms with Gasteiger partial charge in [0.2, 0.25) is 0 Å². The number of hydrogen-bond acceptors (Lipinski definition) is 6. The summed E-state index contributed by atoms with van der Waals surface area (Å²) in [6, 6.07) is 5.99. The molecular formula is C16H22N4OSSi. The van der Waals surface area contributed by atoms with Crippen LogP contribution >= 0.6 is 11.3 Å². The van der Waals surface area contributed by atoms with Crippen molar-refractivity contribution in [3.8, 4) is 6.07 Å². The van der Waals surface area contributed by atoms with Crippen LogP contribution in [0.4, 0.5) is 10.9 Å². The van der Waals surface area contributed by atoms with Crippen LogP contribution in [0, 0.1) is 11.3 Å². The first-order valence-corrected chi connectivity index (χ1v) is 11.2. The number of pyridine rings is 1. The number of anilines is 2. The maximum atomic E-state index is 8.84. The highest BCUT2D eigenvalue weighted by atomic mass is 32.1. The molecule has 0 atom stereocenters. The third-order valence-corrected chi connectivity index (χ3v) is 9.38. The third kappa shape index (κ3) is 4.61. The Morgan fingerprint density at radius 3 is 2.70 bits per heavy atom. The molecule has 2 heterocycles. The van der Waals surface area contributed by atoms with Gasteiger partial charge in [0, 0.05) is 6.20 Å². The first kappa shape index (κ1) is 17.6. The van der Waals surface area contributed by atoms with E-state index >= 15 is 0 Å². The van der Waals surface area contributed by atoms with Crippen LogP contribution in [0.1, 0.15) is 31.2 Å². The minimum atomic E-state index is -1.77. The summed E-state index contributed by atoms with van der Waals surface area (Å²) < 4.78 is 6.23. The Morgan fingerprint density at radius 2 is 2.09 bits per heavy atom. The van der Waals surface area contributed by atoms with Gasteiger partial charge in [-0.15, -0.1) is 0 Å². The summed E-state index contributed by atoms with van der Waals surface area (Å²) in [6.07, 6.45) is 3.31. The van der Waals surface area contributed by atoms with Crippen molar-refractivity contribution >= 4 is 30.6 Å². The Bertz CT molecular complexity index is 715. The van der Waals surface area contributed by atoms with Crippen molar-refractivity contribution in [2.75, 3.05) is 5.32 Å². The highest BCUT2D eigenvalue weighted by molar-refractivity contribution is 7.16. The lowest BCUT2D eigenvalue weighted by molar-refractivity contribution is 0.276. The molecule has 0 aliphatic rings. The topological polar surface area (TPSA) is 70.8 Å². The first-order valence-electron chi connectivity index (χ1n) is 7.43. The van der Waals surface area contributed by atoms with Crippen LogP contribution in [-0.2, 0) is 11.0 Å². The average Bonchev–Trinajstić information content (AvgIpc) is 2.92. The van der Waals surface area contributed by atoms with Gasteiger partial charge in [-0.3, -0.25) is 0 Å². The van der Waals surface area contributed by atoms with E-state index in [0.29, 0.717) is 22.4 Å². The number of nitriles is 1. The molecule has 0 radical (unpaired) electrons. The van der Waals surface area contributed by atoms with E-state index in [1.165, 1.54) is 11.3 Å². The molecule has 5 nitrogen and oxygen atoms in total. The Balaban J connectivity index is 2.04. The van der Waals surface area contributed by atoms with Gasteiger partial charge in [-0.2, -0.15) is 5.26 Å². The molecule has 122 valence electrons. The second-order valence-corrected chi connectivity index (χ2v) is 12.7. The number of rotatable bonds is 5. The molecule has 2 rings (SSSR count). The number of aromatic nitrogens is 2. The monoisotopic (exact) mass is 346 g/mol. The predicted molar refractivity (Wildman–Crippen MR) is 96.3 cm³/mol. The summed E-state index contributed by atoms with van der Waals surface area (Å²) >= 11 is 1.31. The molecule has 23 heavy (non-hydrogen) atoms. The molecule has 0 saturated heterocycles. The normalized spacial score (nSPS) is 12.0. The van der Waals surface area contributed by atoms with Crippen LogP contribution in [0.3, 0.4) is 0 Å². The summed E-state index contributed by atoms with van der Waals surface area (Å²) in [5.41, 5.74) is 1.07. The van der Waals surface area contributed by atoms with Crippen molar-refractivity contribution in [2.45, 2.75) is 45.5 Å². The second-order valence-electron chi connectivity index (χ2n) is 6.86. The SMILES string of the molecule is CC(C)(C)[Si](C)(C)OCc1ccnc(Nc2ncc(C#N)s2)c1. The zero-order chi connectivity index (χ0) is 17.1. The minimum Gasteiger partial charge on any atom is -0.413 e. The summed E-state index contributed by atoms with van der Waals surface area (Å²) in [6.45, 7) is 11.8. The predicted octanol–water partition coefficient (Wildman–Crippen LogP) is 4.68. The summed E-state index contributed by atoms with van der Waals surface area (Å²) in [4.78, 5) is 9.02. The van der Waals surface area contributed by atoms with Crippen LogP contribution in [0.2, 0.25) is 18.1 Å². The lowest BCUT2D eigenvalue weighted by Crippen LogP contribution is -2.40. The summed E-state index contributed by atoms with van der Waals surface area (Å²) in [5, 5.41) is 12.8. The quantitative estimate of drug-likeness (QED) is 0.796. The minimum absolute atomic E-state index is 0.190. The van der Waals surface area contributed by atoms with Crippen LogP contribution < -0.4 is 5.32 Å². The highest BCUT2D eigenvalue weighted by Crippen LogP contribution is 2.37. The molecule has 1 N–H and O–H groups in total. The Hall–Kier alpha value is -1.75. The molecule has 0 aliphatic carbocycles. The van der Waals surface area contributed by atoms with E-state index in [-0.39, 0.29) is 5.04 Å². The van der Waals surface area contributed by atoms with Crippen LogP contribution in [-0.4, -0.2) is 18.3 Å². The third-order valence-electron chi connectivity index (χ3n) is 4.08. The van der Waals surface area contributed by atoms with Crippen LogP contribution in [0.25, 0.3) is 0 Å². The van der Waals surface area contributed by atoms with E-state index in [2.05, 4.69) is 55.2 Å². The van der Waals surface area contributed by atoms with E-state index < -0.39 is 8.32 Å². The molecule has 0 spiro atoms. The zero-order valence-electron chi connectivity index (χ0n) is 14.2. The van der Waals surface area contributed by atoms with Crippen LogP contribution in [0.5, 0.6) is 0 Å². The average molecular weight is 347 g/mol. The summed E-state index contributed by atoms with van der Waals surface area (Å²) in [5.74, 6) is 0.708. The molecule has 0 unspecified atom stereocenters. The van der Waals surface area contributed by atoms with Gasteiger partial charge in [-0.05, 0) is 35.8 Å². The second kappa shape index (κ2) is 6.79. The van der Waals surface area contributed by atoms with E-state index in [1.54, 1.807) is 12.4 Å². The molecule has 0 aliphatic heterocycles. The molecule has 2 aromatic rings. The van der Waals surface area contributed by atoms with E-state index in [1.807, 2.05) is 12.1 Å². The standard InChI is InChI=1S/C16H22N4OSSi/c1-16(2,3)23(4,5)21-11-12-6-7-18-14(8-12)20-15-19-10-13(9-17)22-15/h6-8,10H,11H2,1-5H3,(H,18,19,20). The smallest absolute Gasteiger partial charge is 0.192 e. The van der Waals surface area contributed by atoms with Gasteiger partial charge in [-0.25, -0.2) is 9.97 Å². The van der Waals surface area contributed by atoms with E-state index in [9.17, 15) is 0 Å². The Kier molecular flexibility index (Phi) is 5.19. The van der Waals surface area contributed by atoms with Crippen molar-refractivity contribution in [3.63, 3.8) is 0 Å². The lowest BCUT2D eigenvalue weighted by Gasteiger charge is -2.36. The first-order chi connectivity index (χ1) is 10.7. The highest BCUT2D eigenvalue weighted by Gasteiger charge is 2.36. The van der Waals surface area contributed by atoms with Crippen molar-refractivity contribution in [2.24, 2.45) is 0 Å². The van der Waals surface area contributed by atoms with Crippen molar-refractivity contribution in [1.82, 2.24) is 9.97 Å². The largest absolute Gasteiger partial charge is 0.413 e. The Labute approximate surface area is 142 Å². The number of thiazole rings is 1. The molecule has 0 fully saturated rings. The molecule has 0 saturated carbocycles. The maximum absolute atomic E-state index is 8.84. The molecule has 0 aromatic carbocycles. The van der Waals surface area contributed by atoms with Gasteiger partial charge >= 0.3 is 0 Å². The molecule has 2 aromatic heterocycles. The number of nitrogens with zero attached hydrogens (tertiary/aromatic N) is 3.